The number of ketones is 2. The topological polar surface area (TPSA) is 77.3 Å². The van der Waals surface area contributed by atoms with Crippen molar-refractivity contribution in [2.45, 2.75) is 5.92 Å². The summed E-state index contributed by atoms with van der Waals surface area (Å²) < 4.78 is 14.6. The Morgan fingerprint density at radius 1 is 0.788 bits per heavy atom. The molecule has 33 heavy (non-hydrogen) atoms. The summed E-state index contributed by atoms with van der Waals surface area (Å²) in [5.74, 6) is -4.67. The van der Waals surface area contributed by atoms with Crippen LogP contribution in [0, 0.1) is 21.8 Å². The predicted molar refractivity (Wildman–Crippen MR) is 125 cm³/mol. The monoisotopic (exact) mass is 443 g/mol. The summed E-state index contributed by atoms with van der Waals surface area (Å²) in [6, 6.07) is 23.5. The Bertz CT molecular complexity index is 1110. The smallest absolute Gasteiger partial charge is 0.211 e. The number of benzene rings is 3. The van der Waals surface area contributed by atoms with Crippen molar-refractivity contribution >= 4 is 23.7 Å². The van der Waals surface area contributed by atoms with Gasteiger partial charge in [0.2, 0.25) is 6.54 Å². The zero-order valence-corrected chi connectivity index (χ0v) is 17.7. The van der Waals surface area contributed by atoms with Crippen molar-refractivity contribution in [3.05, 3.63) is 130 Å². The minimum atomic E-state index is -1.45. The van der Waals surface area contributed by atoms with Crippen LogP contribution in [-0.4, -0.2) is 23.0 Å². The third-order valence-electron chi connectivity index (χ3n) is 5.15. The van der Waals surface area contributed by atoms with Gasteiger partial charge in [0.1, 0.15) is 5.82 Å². The Kier molecular flexibility index (Phi) is 8.13. The third kappa shape index (κ3) is 6.64. The molecular formula is C27H22FNO4. The van der Waals surface area contributed by atoms with E-state index < -0.39 is 40.7 Å². The number of rotatable bonds is 10. The molecule has 0 radical (unpaired) electrons. The first-order valence-corrected chi connectivity index (χ1v) is 10.4. The van der Waals surface area contributed by atoms with E-state index in [2.05, 4.69) is 0 Å². The van der Waals surface area contributed by atoms with Crippen LogP contribution >= 0.6 is 0 Å². The van der Waals surface area contributed by atoms with E-state index in [-0.39, 0.29) is 5.56 Å². The summed E-state index contributed by atoms with van der Waals surface area (Å²) in [6.07, 6.45) is 5.52. The fraction of sp³-hybridized carbons (Fsp3) is 0.111. The lowest BCUT2D eigenvalue weighted by Crippen LogP contribution is -2.33. The van der Waals surface area contributed by atoms with Crippen LogP contribution in [0.4, 0.5) is 4.39 Å². The molecule has 0 aliphatic carbocycles. The second-order valence-electron chi connectivity index (χ2n) is 7.41. The molecule has 0 fully saturated rings. The fourth-order valence-electron chi connectivity index (χ4n) is 3.55. The average molecular weight is 443 g/mol. The molecule has 0 spiro atoms. The summed E-state index contributed by atoms with van der Waals surface area (Å²) in [6.45, 7) is -0.762. The highest BCUT2D eigenvalue weighted by Gasteiger charge is 2.37. The maximum atomic E-state index is 14.6. The van der Waals surface area contributed by atoms with Crippen LogP contribution in [0.2, 0.25) is 0 Å². The molecule has 3 rings (SSSR count). The summed E-state index contributed by atoms with van der Waals surface area (Å²) in [5, 5.41) is 11.4. The molecule has 6 heteroatoms. The second-order valence-corrected chi connectivity index (χ2v) is 7.41. The van der Waals surface area contributed by atoms with Gasteiger partial charge in [-0.3, -0.25) is 19.7 Å². The second kappa shape index (κ2) is 11.4. The molecule has 3 aromatic carbocycles. The molecule has 0 saturated heterocycles. The highest BCUT2D eigenvalue weighted by atomic mass is 19.1. The Morgan fingerprint density at radius 2 is 1.24 bits per heavy atom. The number of nitro groups is 1. The molecule has 0 unspecified atom stereocenters. The van der Waals surface area contributed by atoms with Gasteiger partial charge in [-0.25, -0.2) is 4.39 Å². The number of carbonyl (C=O) groups is 2. The van der Waals surface area contributed by atoms with E-state index in [1.807, 2.05) is 12.1 Å². The van der Waals surface area contributed by atoms with Gasteiger partial charge >= 0.3 is 0 Å². The standard InChI is InChI=1S/C27H22FNO4/c28-24-14-8-7-13-22(24)23(19-29(32)33)27(25(30)17-15-20-9-3-1-4-10-20)26(31)18-16-21-11-5-2-6-12-21/h1-18,23,27H,19H2/b17-15+,18-16+/t23-/m1/s1. The summed E-state index contributed by atoms with van der Waals surface area (Å²) in [5.41, 5.74) is 1.42. The molecule has 0 aliphatic rings. The SMILES string of the molecule is O=C(/C=C/c1ccccc1)C(C(=O)/C=C/c1ccccc1)[C@H](C[N+](=O)[O-])c1ccccc1F. The lowest BCUT2D eigenvalue weighted by molar-refractivity contribution is -0.484. The summed E-state index contributed by atoms with van der Waals surface area (Å²) >= 11 is 0. The Morgan fingerprint density at radius 3 is 1.70 bits per heavy atom. The molecule has 0 amide bonds. The van der Waals surface area contributed by atoms with Gasteiger partial charge in [-0.1, -0.05) is 91.0 Å². The molecule has 3 aromatic rings. The summed E-state index contributed by atoms with van der Waals surface area (Å²) in [7, 11) is 0. The van der Waals surface area contributed by atoms with Crippen LogP contribution in [0.15, 0.2) is 97.1 Å². The van der Waals surface area contributed by atoms with E-state index in [1.54, 1.807) is 48.5 Å². The first-order valence-electron chi connectivity index (χ1n) is 10.4. The molecule has 0 N–H and O–H groups in total. The van der Waals surface area contributed by atoms with Gasteiger partial charge in [0.25, 0.3) is 0 Å². The number of halogens is 1. The van der Waals surface area contributed by atoms with Crippen LogP contribution < -0.4 is 0 Å². The number of nitrogens with zero attached hydrogens (tertiary/aromatic N) is 1. The zero-order valence-electron chi connectivity index (χ0n) is 17.7. The van der Waals surface area contributed by atoms with Crippen LogP contribution in [0.25, 0.3) is 12.2 Å². The van der Waals surface area contributed by atoms with Crippen molar-refractivity contribution in [3.8, 4) is 0 Å². The van der Waals surface area contributed by atoms with Crippen molar-refractivity contribution in [1.82, 2.24) is 0 Å². The van der Waals surface area contributed by atoms with Gasteiger partial charge in [-0.2, -0.15) is 0 Å². The molecule has 1 atom stereocenters. The van der Waals surface area contributed by atoms with Crippen molar-refractivity contribution in [1.29, 1.82) is 0 Å². The van der Waals surface area contributed by atoms with E-state index in [0.29, 0.717) is 0 Å². The molecule has 5 nitrogen and oxygen atoms in total. The minimum Gasteiger partial charge on any atom is -0.294 e. The van der Waals surface area contributed by atoms with Crippen molar-refractivity contribution in [2.24, 2.45) is 5.92 Å². The maximum absolute atomic E-state index is 14.6. The molecule has 0 bridgehead atoms. The maximum Gasteiger partial charge on any atom is 0.211 e. The van der Waals surface area contributed by atoms with Gasteiger partial charge in [0.15, 0.2) is 11.6 Å². The van der Waals surface area contributed by atoms with Gasteiger partial charge in [0, 0.05) is 4.92 Å². The number of allylic oxidation sites excluding steroid dienone is 2. The molecule has 166 valence electrons. The molecular weight excluding hydrogens is 421 g/mol. The van der Waals surface area contributed by atoms with E-state index in [1.165, 1.54) is 42.5 Å². The summed E-state index contributed by atoms with van der Waals surface area (Å²) in [4.78, 5) is 37.2. The molecule has 0 saturated carbocycles. The van der Waals surface area contributed by atoms with Crippen LogP contribution in [-0.2, 0) is 9.59 Å². The normalized spacial score (nSPS) is 12.3. The van der Waals surface area contributed by atoms with Crippen LogP contribution in [0.5, 0.6) is 0 Å². The molecule has 0 heterocycles. The van der Waals surface area contributed by atoms with E-state index in [9.17, 15) is 24.1 Å². The molecule has 0 aromatic heterocycles. The highest BCUT2D eigenvalue weighted by Crippen LogP contribution is 2.30. The highest BCUT2D eigenvalue weighted by molar-refractivity contribution is 6.14. The quantitative estimate of drug-likeness (QED) is 0.183. The Balaban J connectivity index is 2.01. The van der Waals surface area contributed by atoms with Crippen molar-refractivity contribution < 1.29 is 18.9 Å². The third-order valence-corrected chi connectivity index (χ3v) is 5.15. The Labute approximate surface area is 191 Å². The lowest BCUT2D eigenvalue weighted by Gasteiger charge is -2.21. The minimum absolute atomic E-state index is 0.0397. The van der Waals surface area contributed by atoms with Gasteiger partial charge < -0.3 is 0 Å². The van der Waals surface area contributed by atoms with Crippen molar-refractivity contribution in [3.63, 3.8) is 0 Å². The average Bonchev–Trinajstić information content (AvgIpc) is 2.82. The van der Waals surface area contributed by atoms with E-state index in [0.717, 1.165) is 17.2 Å². The fourth-order valence-corrected chi connectivity index (χ4v) is 3.55. The van der Waals surface area contributed by atoms with Crippen molar-refractivity contribution in [2.75, 3.05) is 6.54 Å². The number of hydrogen-bond acceptors (Lipinski definition) is 4. The van der Waals surface area contributed by atoms with Gasteiger partial charge in [-0.15, -0.1) is 0 Å². The lowest BCUT2D eigenvalue weighted by atomic mass is 9.79. The first kappa shape index (κ1) is 23.5. The van der Waals surface area contributed by atoms with E-state index in [4.69, 9.17) is 0 Å². The number of carbonyl (C=O) groups excluding carboxylic acids is 2. The molecule has 0 aliphatic heterocycles. The van der Waals surface area contributed by atoms with Crippen LogP contribution in [0.3, 0.4) is 0 Å². The zero-order chi connectivity index (χ0) is 23.6. The van der Waals surface area contributed by atoms with E-state index >= 15 is 0 Å². The van der Waals surface area contributed by atoms with Crippen LogP contribution in [0.1, 0.15) is 22.6 Å². The number of hydrogen-bond donors (Lipinski definition) is 0. The predicted octanol–water partition coefficient (Wildman–Crippen LogP) is 5.37. The largest absolute Gasteiger partial charge is 0.294 e. The van der Waals surface area contributed by atoms with Gasteiger partial charge in [-0.05, 0) is 34.9 Å². The van der Waals surface area contributed by atoms with Gasteiger partial charge in [0.05, 0.1) is 11.8 Å². The first-order chi connectivity index (χ1) is 16.0. The Hall–Kier alpha value is -4.19.